The quantitative estimate of drug-likeness (QED) is 0.218. The third-order valence-corrected chi connectivity index (χ3v) is 7.28. The van der Waals surface area contributed by atoms with E-state index in [1.165, 1.54) is 5.56 Å². The maximum atomic E-state index is 13.5. The van der Waals surface area contributed by atoms with E-state index < -0.39 is 0 Å². The van der Waals surface area contributed by atoms with E-state index in [1.807, 2.05) is 42.5 Å². The normalized spacial score (nSPS) is 10.7. The number of nitrogens with zero attached hydrogens (tertiary/aromatic N) is 2. The van der Waals surface area contributed by atoms with Crippen molar-refractivity contribution in [2.45, 2.75) is 31.7 Å². The summed E-state index contributed by atoms with van der Waals surface area (Å²) in [6.07, 6.45) is 0. The van der Waals surface area contributed by atoms with E-state index in [2.05, 4.69) is 35.5 Å². The number of hydrogen-bond donors (Lipinski definition) is 2. The predicted molar refractivity (Wildman–Crippen MR) is 158 cm³/mol. The molecule has 0 bridgehead atoms. The minimum atomic E-state index is -0.383. The Balaban J connectivity index is 1.65. The van der Waals surface area contributed by atoms with Crippen molar-refractivity contribution in [1.82, 2.24) is 4.98 Å². The van der Waals surface area contributed by atoms with Crippen molar-refractivity contribution in [1.29, 1.82) is 5.26 Å². The van der Waals surface area contributed by atoms with Crippen molar-refractivity contribution in [3.8, 4) is 17.2 Å². The number of aryl methyl sites for hydroxylation is 1. The lowest BCUT2D eigenvalue weighted by atomic mass is 9.94. The molecule has 6 nitrogen and oxygen atoms in total. The van der Waals surface area contributed by atoms with Crippen molar-refractivity contribution in [2.24, 2.45) is 0 Å². The van der Waals surface area contributed by atoms with Crippen LogP contribution < -0.4 is 10.6 Å². The summed E-state index contributed by atoms with van der Waals surface area (Å²) < 4.78 is 0. The number of aromatic nitrogens is 1. The monoisotopic (exact) mass is 554 g/mol. The van der Waals surface area contributed by atoms with E-state index in [0.717, 1.165) is 11.8 Å². The Kier molecular flexibility index (Phi) is 9.03. The highest BCUT2D eigenvalue weighted by Gasteiger charge is 2.25. The number of para-hydroxylation sites is 1. The molecule has 196 valence electrons. The van der Waals surface area contributed by atoms with Crippen LogP contribution in [0.4, 0.5) is 11.4 Å². The highest BCUT2D eigenvalue weighted by Crippen LogP contribution is 2.36. The maximum absolute atomic E-state index is 13.5. The van der Waals surface area contributed by atoms with Gasteiger partial charge in [0.15, 0.2) is 0 Å². The average molecular weight is 555 g/mol. The fraction of sp³-hybridized carbons (Fsp3) is 0.161. The zero-order valence-electron chi connectivity index (χ0n) is 21.8. The Morgan fingerprint density at radius 2 is 1.59 bits per heavy atom. The number of hydrogen-bond acceptors (Lipinski definition) is 5. The number of amides is 2. The number of carbonyl (C=O) groups excluding carboxylic acids is 2. The third-order valence-electron chi connectivity index (χ3n) is 6.05. The number of thioether (sulfide) groups is 1. The van der Waals surface area contributed by atoms with Gasteiger partial charge in [0.05, 0.1) is 22.6 Å². The first-order valence-corrected chi connectivity index (χ1v) is 13.7. The van der Waals surface area contributed by atoms with Crippen LogP contribution in [0.1, 0.15) is 46.9 Å². The van der Waals surface area contributed by atoms with Gasteiger partial charge in [-0.2, -0.15) is 5.26 Å². The van der Waals surface area contributed by atoms with Crippen molar-refractivity contribution < 1.29 is 9.59 Å². The summed E-state index contributed by atoms with van der Waals surface area (Å²) in [6, 6.07) is 26.0. The second-order valence-electron chi connectivity index (χ2n) is 9.18. The van der Waals surface area contributed by atoms with Crippen LogP contribution in [0.25, 0.3) is 11.1 Å². The van der Waals surface area contributed by atoms with Gasteiger partial charge < -0.3 is 10.6 Å². The third kappa shape index (κ3) is 6.85. The summed E-state index contributed by atoms with van der Waals surface area (Å²) >= 11 is 7.27. The van der Waals surface area contributed by atoms with Gasteiger partial charge in [-0.05, 0) is 60.4 Å². The summed E-state index contributed by atoms with van der Waals surface area (Å²) in [4.78, 5) is 30.8. The van der Waals surface area contributed by atoms with Gasteiger partial charge in [0.1, 0.15) is 11.1 Å². The van der Waals surface area contributed by atoms with Gasteiger partial charge in [-0.1, -0.05) is 79.7 Å². The second-order valence-corrected chi connectivity index (χ2v) is 10.6. The molecule has 0 fully saturated rings. The number of nitriles is 1. The Morgan fingerprint density at radius 1 is 0.949 bits per heavy atom. The van der Waals surface area contributed by atoms with Gasteiger partial charge in [-0.25, -0.2) is 4.98 Å². The molecule has 0 radical (unpaired) electrons. The molecule has 0 saturated heterocycles. The predicted octanol–water partition coefficient (Wildman–Crippen LogP) is 7.69. The van der Waals surface area contributed by atoms with E-state index in [9.17, 15) is 14.9 Å². The lowest BCUT2D eigenvalue weighted by Gasteiger charge is -2.17. The van der Waals surface area contributed by atoms with E-state index >= 15 is 0 Å². The smallest absolute Gasteiger partial charge is 0.258 e. The fourth-order valence-electron chi connectivity index (χ4n) is 4.07. The molecular weight excluding hydrogens is 528 g/mol. The molecule has 0 spiro atoms. The van der Waals surface area contributed by atoms with Crippen molar-refractivity contribution in [2.75, 3.05) is 16.4 Å². The molecule has 1 heterocycles. The first-order chi connectivity index (χ1) is 18.8. The zero-order chi connectivity index (χ0) is 27.9. The van der Waals surface area contributed by atoms with E-state index in [1.54, 1.807) is 43.3 Å². The molecule has 39 heavy (non-hydrogen) atoms. The molecule has 8 heteroatoms. The highest BCUT2D eigenvalue weighted by molar-refractivity contribution is 8.00. The van der Waals surface area contributed by atoms with Gasteiger partial charge in [0.2, 0.25) is 5.91 Å². The van der Waals surface area contributed by atoms with Gasteiger partial charge >= 0.3 is 0 Å². The van der Waals surface area contributed by atoms with Gasteiger partial charge in [0.25, 0.3) is 5.91 Å². The molecule has 0 aliphatic rings. The second kappa shape index (κ2) is 12.6. The molecular formula is C31H27ClN4O2S. The van der Waals surface area contributed by atoms with Crippen molar-refractivity contribution in [3.63, 3.8) is 0 Å². The number of pyridine rings is 1. The van der Waals surface area contributed by atoms with Gasteiger partial charge in [0, 0.05) is 22.0 Å². The van der Waals surface area contributed by atoms with Crippen LogP contribution in [0.5, 0.6) is 0 Å². The number of nitrogens with one attached hydrogen (secondary N) is 2. The molecule has 0 unspecified atom stereocenters. The fourth-order valence-corrected chi connectivity index (χ4v) is 5.03. The number of benzene rings is 3. The molecule has 0 aliphatic heterocycles. The molecule has 0 saturated carbocycles. The summed E-state index contributed by atoms with van der Waals surface area (Å²) in [5.74, 6) is -0.161. The van der Waals surface area contributed by atoms with Crippen LogP contribution in [-0.4, -0.2) is 22.6 Å². The van der Waals surface area contributed by atoms with Crippen LogP contribution >= 0.6 is 23.4 Å². The molecule has 4 rings (SSSR count). The maximum Gasteiger partial charge on any atom is 0.258 e. The van der Waals surface area contributed by atoms with Crippen LogP contribution in [0.3, 0.4) is 0 Å². The first kappa shape index (κ1) is 27.9. The van der Waals surface area contributed by atoms with Crippen LogP contribution in [0.15, 0.2) is 83.9 Å². The Morgan fingerprint density at radius 3 is 2.21 bits per heavy atom. The summed E-state index contributed by atoms with van der Waals surface area (Å²) in [6.45, 7) is 5.95. The van der Waals surface area contributed by atoms with E-state index in [0.29, 0.717) is 44.2 Å². The van der Waals surface area contributed by atoms with Gasteiger partial charge in [-0.15, -0.1) is 0 Å². The van der Waals surface area contributed by atoms with Crippen LogP contribution in [-0.2, 0) is 4.79 Å². The SMILES string of the molecule is Cc1nc(SCC(=O)Nc2ccc(C(C)C)cc2)c(C#N)c(-c2ccc(Cl)cc2)c1C(=O)Nc1ccccc1. The molecule has 1 aromatic heterocycles. The Bertz CT molecular complexity index is 1530. The molecule has 0 aliphatic carbocycles. The van der Waals surface area contributed by atoms with E-state index in [-0.39, 0.29) is 28.7 Å². The molecule has 4 aromatic rings. The summed E-state index contributed by atoms with van der Waals surface area (Å²) in [5, 5.41) is 16.9. The number of halogens is 1. The summed E-state index contributed by atoms with van der Waals surface area (Å²) in [5.41, 5.74) is 4.56. The van der Waals surface area contributed by atoms with Crippen LogP contribution in [0.2, 0.25) is 5.02 Å². The average Bonchev–Trinajstić information content (AvgIpc) is 2.92. The number of rotatable bonds is 8. The number of anilines is 2. The Labute approximate surface area is 237 Å². The molecule has 2 N–H and O–H groups in total. The largest absolute Gasteiger partial charge is 0.325 e. The lowest BCUT2D eigenvalue weighted by Crippen LogP contribution is -2.18. The zero-order valence-corrected chi connectivity index (χ0v) is 23.4. The topological polar surface area (TPSA) is 94.9 Å². The number of carbonyl (C=O) groups is 2. The molecule has 0 atom stereocenters. The van der Waals surface area contributed by atoms with Crippen molar-refractivity contribution in [3.05, 3.63) is 106 Å². The molecule has 3 aromatic carbocycles. The van der Waals surface area contributed by atoms with Crippen LogP contribution in [0, 0.1) is 18.3 Å². The standard InChI is InChI=1S/C31H27ClN4O2S/c1-19(2)21-11-15-25(16-12-21)35-27(37)18-39-31-26(17-33)29(22-9-13-23(32)14-10-22)28(20(3)34-31)30(38)36-24-7-5-4-6-8-24/h4-16,19H,18H2,1-3H3,(H,35,37)(H,36,38). The van der Waals surface area contributed by atoms with Crippen molar-refractivity contribution >= 4 is 46.6 Å². The minimum Gasteiger partial charge on any atom is -0.325 e. The highest BCUT2D eigenvalue weighted by atomic mass is 35.5. The minimum absolute atomic E-state index is 0.0443. The van der Waals surface area contributed by atoms with Gasteiger partial charge in [-0.3, -0.25) is 9.59 Å². The Hall–Kier alpha value is -4.12. The molecule has 2 amide bonds. The lowest BCUT2D eigenvalue weighted by molar-refractivity contribution is -0.113. The van der Waals surface area contributed by atoms with E-state index in [4.69, 9.17) is 11.6 Å². The summed E-state index contributed by atoms with van der Waals surface area (Å²) in [7, 11) is 0. The first-order valence-electron chi connectivity index (χ1n) is 12.4.